The first-order valence-corrected chi connectivity index (χ1v) is 10.2. The van der Waals surface area contributed by atoms with Gasteiger partial charge in [-0.3, -0.25) is 4.79 Å². The van der Waals surface area contributed by atoms with Crippen LogP contribution in [-0.4, -0.2) is 38.4 Å². The lowest BCUT2D eigenvalue weighted by Crippen LogP contribution is -2.45. The summed E-state index contributed by atoms with van der Waals surface area (Å²) >= 11 is 1.77. The van der Waals surface area contributed by atoms with Crippen LogP contribution in [0.2, 0.25) is 0 Å². The molecule has 1 amide bonds. The summed E-state index contributed by atoms with van der Waals surface area (Å²) in [5, 5.41) is 15.6. The fourth-order valence-electron chi connectivity index (χ4n) is 3.24. The molecule has 1 fully saturated rings. The molecule has 2 heterocycles. The van der Waals surface area contributed by atoms with Gasteiger partial charge in [-0.1, -0.05) is 40.7 Å². The van der Waals surface area contributed by atoms with E-state index >= 15 is 0 Å². The Hall–Kier alpha value is -2.61. The van der Waals surface area contributed by atoms with Crippen LogP contribution in [-0.2, 0) is 0 Å². The van der Waals surface area contributed by atoms with Crippen LogP contribution in [0.5, 0.6) is 0 Å². The van der Waals surface area contributed by atoms with Gasteiger partial charge >= 0.3 is 0 Å². The van der Waals surface area contributed by atoms with Gasteiger partial charge in [-0.25, -0.2) is 4.68 Å². The number of rotatable bonds is 6. The summed E-state index contributed by atoms with van der Waals surface area (Å²) in [5.41, 5.74) is 2.70. The Morgan fingerprint density at radius 3 is 2.85 bits per heavy atom. The summed E-state index contributed by atoms with van der Waals surface area (Å²) in [6.45, 7) is 2.14. The summed E-state index contributed by atoms with van der Waals surface area (Å²) in [6, 6.07) is 11.7. The first kappa shape index (κ1) is 17.8. The number of nitrogens with zero attached hydrogens (tertiary/aromatic N) is 4. The van der Waals surface area contributed by atoms with Crippen molar-refractivity contribution in [2.75, 3.05) is 6.26 Å². The van der Waals surface area contributed by atoms with E-state index in [-0.39, 0.29) is 23.8 Å². The number of carbonyl (C=O) groups excluding carboxylic acids is 1. The van der Waals surface area contributed by atoms with Crippen molar-refractivity contribution in [3.05, 3.63) is 54.0 Å². The van der Waals surface area contributed by atoms with Gasteiger partial charge in [0.05, 0.1) is 17.9 Å². The Morgan fingerprint density at radius 2 is 2.11 bits per heavy atom. The Labute approximate surface area is 161 Å². The van der Waals surface area contributed by atoms with Crippen molar-refractivity contribution in [3.8, 4) is 11.3 Å². The second kappa shape index (κ2) is 7.56. The average molecular weight is 383 g/mol. The van der Waals surface area contributed by atoms with E-state index in [9.17, 15) is 4.79 Å². The fourth-order valence-corrected chi connectivity index (χ4v) is 3.65. The summed E-state index contributed by atoms with van der Waals surface area (Å²) in [7, 11) is 0. The van der Waals surface area contributed by atoms with Gasteiger partial charge in [-0.2, -0.15) is 11.8 Å². The van der Waals surface area contributed by atoms with Crippen molar-refractivity contribution in [3.63, 3.8) is 0 Å². The van der Waals surface area contributed by atoms with Gasteiger partial charge in [-0.05, 0) is 26.0 Å². The summed E-state index contributed by atoms with van der Waals surface area (Å²) < 4.78 is 7.21. The molecule has 27 heavy (non-hydrogen) atoms. The van der Waals surface area contributed by atoms with Crippen LogP contribution in [0.15, 0.2) is 47.1 Å². The van der Waals surface area contributed by atoms with Crippen molar-refractivity contribution in [1.29, 1.82) is 0 Å². The number of hydrogen-bond acceptors (Lipinski definition) is 6. The first-order valence-electron chi connectivity index (χ1n) is 8.91. The predicted octanol–water partition coefficient (Wildman–Crippen LogP) is 3.49. The molecular formula is C19H21N5O2S. The monoisotopic (exact) mass is 383 g/mol. The van der Waals surface area contributed by atoms with Crippen molar-refractivity contribution in [2.24, 2.45) is 0 Å². The Balaban J connectivity index is 1.35. The smallest absolute Gasteiger partial charge is 0.290 e. The van der Waals surface area contributed by atoms with Gasteiger partial charge in [0.2, 0.25) is 5.76 Å². The highest BCUT2D eigenvalue weighted by Gasteiger charge is 2.34. The lowest BCUT2D eigenvalue weighted by Gasteiger charge is -2.36. The molecule has 1 aliphatic rings. The lowest BCUT2D eigenvalue weighted by molar-refractivity contribution is 0.0849. The van der Waals surface area contributed by atoms with Crippen LogP contribution in [0.1, 0.15) is 47.3 Å². The maximum Gasteiger partial charge on any atom is 0.290 e. The van der Waals surface area contributed by atoms with Gasteiger partial charge in [0.25, 0.3) is 5.91 Å². The molecule has 0 saturated heterocycles. The second-order valence-electron chi connectivity index (χ2n) is 6.72. The summed E-state index contributed by atoms with van der Waals surface area (Å²) in [5.74, 6) is -0.000759. The Morgan fingerprint density at radius 1 is 1.33 bits per heavy atom. The zero-order chi connectivity index (χ0) is 18.8. The second-order valence-corrected chi connectivity index (χ2v) is 7.90. The number of nitrogens with one attached hydrogen (secondary N) is 1. The Kier molecular flexibility index (Phi) is 4.98. The van der Waals surface area contributed by atoms with Gasteiger partial charge in [-0.15, -0.1) is 5.10 Å². The van der Waals surface area contributed by atoms with E-state index in [1.54, 1.807) is 17.8 Å². The molecule has 8 heteroatoms. The van der Waals surface area contributed by atoms with Gasteiger partial charge < -0.3 is 9.84 Å². The average Bonchev–Trinajstić information content (AvgIpc) is 3.34. The standard InChI is InChI=1S/C19H21N5O2S/c1-12(27-2)17-11-20-23-24(17)15-8-14(9-15)21-19(25)18-10-16(22-26-18)13-6-4-3-5-7-13/h3-7,10-12,14-15H,8-9H2,1-2H3,(H,21,25)/t12?,14-,15-. The van der Waals surface area contributed by atoms with Crippen LogP contribution in [0.4, 0.5) is 0 Å². The zero-order valence-corrected chi connectivity index (χ0v) is 16.0. The minimum absolute atomic E-state index is 0.106. The molecule has 0 radical (unpaired) electrons. The molecule has 0 bridgehead atoms. The van der Waals surface area contributed by atoms with Gasteiger partial charge in [0.1, 0.15) is 5.69 Å². The van der Waals surface area contributed by atoms with Crippen molar-refractivity contribution in [1.82, 2.24) is 25.5 Å². The SMILES string of the molecule is CSC(C)c1cnnn1[C@H]1C[C@H](NC(=O)c2cc(-c3ccccc3)no2)C1. The molecule has 3 aromatic rings. The van der Waals surface area contributed by atoms with E-state index in [0.717, 1.165) is 24.1 Å². The van der Waals surface area contributed by atoms with Crippen molar-refractivity contribution in [2.45, 2.75) is 37.1 Å². The van der Waals surface area contributed by atoms with Crippen molar-refractivity contribution >= 4 is 17.7 Å². The third-order valence-corrected chi connectivity index (χ3v) is 5.92. The topological polar surface area (TPSA) is 85.8 Å². The minimum Gasteiger partial charge on any atom is -0.350 e. The van der Waals surface area contributed by atoms with Crippen molar-refractivity contribution < 1.29 is 9.32 Å². The van der Waals surface area contributed by atoms with E-state index in [4.69, 9.17) is 4.52 Å². The summed E-state index contributed by atoms with van der Waals surface area (Å²) in [4.78, 5) is 12.4. The maximum atomic E-state index is 12.4. The molecule has 0 spiro atoms. The van der Waals surface area contributed by atoms with Crippen LogP contribution in [0.25, 0.3) is 11.3 Å². The largest absolute Gasteiger partial charge is 0.350 e. The van der Waals surface area contributed by atoms with Crippen LogP contribution >= 0.6 is 11.8 Å². The molecule has 1 aromatic carbocycles. The lowest BCUT2D eigenvalue weighted by atomic mass is 9.86. The number of amides is 1. The number of thioether (sulfide) groups is 1. The number of benzene rings is 1. The third kappa shape index (κ3) is 3.62. The molecule has 1 aliphatic carbocycles. The van der Waals surface area contributed by atoms with Crippen LogP contribution < -0.4 is 5.32 Å². The first-order chi connectivity index (χ1) is 13.2. The Bertz CT molecular complexity index is 917. The minimum atomic E-state index is -0.232. The molecule has 4 rings (SSSR count). The highest BCUT2D eigenvalue weighted by Crippen LogP contribution is 2.36. The van der Waals surface area contributed by atoms with E-state index in [2.05, 4.69) is 34.0 Å². The van der Waals surface area contributed by atoms with Gasteiger partial charge in [0, 0.05) is 22.9 Å². The molecule has 1 unspecified atom stereocenters. The molecular weight excluding hydrogens is 362 g/mol. The molecule has 2 aromatic heterocycles. The molecule has 1 atom stereocenters. The van der Waals surface area contributed by atoms with E-state index < -0.39 is 0 Å². The van der Waals surface area contributed by atoms with E-state index in [0.29, 0.717) is 10.9 Å². The molecule has 1 N–H and O–H groups in total. The van der Waals surface area contributed by atoms with Gasteiger partial charge in [0.15, 0.2) is 0 Å². The molecule has 0 aliphatic heterocycles. The maximum absolute atomic E-state index is 12.4. The third-order valence-electron chi connectivity index (χ3n) is 4.97. The predicted molar refractivity (Wildman–Crippen MR) is 103 cm³/mol. The number of aromatic nitrogens is 4. The quantitative estimate of drug-likeness (QED) is 0.701. The van der Waals surface area contributed by atoms with E-state index in [1.807, 2.05) is 41.2 Å². The highest BCUT2D eigenvalue weighted by atomic mass is 32.2. The van der Waals surface area contributed by atoms with Crippen LogP contribution in [0, 0.1) is 0 Å². The summed E-state index contributed by atoms with van der Waals surface area (Å²) in [6.07, 6.45) is 5.57. The van der Waals surface area contributed by atoms with Crippen LogP contribution in [0.3, 0.4) is 0 Å². The number of carbonyl (C=O) groups is 1. The normalized spacial score (nSPS) is 20.1. The zero-order valence-electron chi connectivity index (χ0n) is 15.2. The molecule has 1 saturated carbocycles. The van der Waals surface area contributed by atoms with E-state index in [1.165, 1.54) is 0 Å². The number of hydrogen-bond donors (Lipinski definition) is 1. The fraction of sp³-hybridized carbons (Fsp3) is 0.368. The highest BCUT2D eigenvalue weighted by molar-refractivity contribution is 7.98. The molecule has 140 valence electrons. The molecule has 7 nitrogen and oxygen atoms in total.